The number of anilines is 1. The van der Waals surface area contributed by atoms with E-state index in [2.05, 4.69) is 17.1 Å². The first-order valence-corrected chi connectivity index (χ1v) is 11.2. The zero-order valence-electron chi connectivity index (χ0n) is 16.5. The summed E-state index contributed by atoms with van der Waals surface area (Å²) in [4.78, 5) is -0.722. The smallest absolute Gasteiger partial charge is 0.230 e. The Kier molecular flexibility index (Phi) is 5.86. The van der Waals surface area contributed by atoms with Gasteiger partial charge in [-0.3, -0.25) is 0 Å². The van der Waals surface area contributed by atoms with Crippen molar-refractivity contribution >= 4 is 33.3 Å². The van der Waals surface area contributed by atoms with Crippen molar-refractivity contribution in [2.75, 3.05) is 11.6 Å². The van der Waals surface area contributed by atoms with Gasteiger partial charge in [-0.15, -0.1) is 10.2 Å². The van der Waals surface area contributed by atoms with Gasteiger partial charge < -0.3 is 5.73 Å². The Morgan fingerprint density at radius 1 is 1.13 bits per heavy atom. The number of nitrogens with two attached hydrogens (primary N) is 1. The summed E-state index contributed by atoms with van der Waals surface area (Å²) in [6.45, 7) is 4.45. The molecule has 5 nitrogen and oxygen atoms in total. The molecule has 0 radical (unpaired) electrons. The second-order valence-corrected chi connectivity index (χ2v) is 9.46. The van der Waals surface area contributed by atoms with E-state index in [0.29, 0.717) is 23.1 Å². The van der Waals surface area contributed by atoms with Crippen LogP contribution in [0.4, 0.5) is 13.9 Å². The van der Waals surface area contributed by atoms with Crippen LogP contribution < -0.4 is 10.7 Å². The molecule has 1 aliphatic heterocycles. The monoisotopic (exact) mass is 445 g/mol. The van der Waals surface area contributed by atoms with Crippen LogP contribution in [0.5, 0.6) is 0 Å². The third-order valence-corrected chi connectivity index (χ3v) is 7.50. The standard InChI is InChI=1S/C21H21F2N5S2/c1-13(10-11-24)21(15-6-4-3-5-7-15)28(20-26-25-14(2)29-20)27-19(30-21)17-12-16(22)8-9-18(17)23/h3-9,12-13H,10-11,24H2,1-2H3. The van der Waals surface area contributed by atoms with Crippen LogP contribution in [-0.4, -0.2) is 21.8 Å². The topological polar surface area (TPSA) is 67.4 Å². The highest BCUT2D eigenvalue weighted by molar-refractivity contribution is 8.15. The van der Waals surface area contributed by atoms with Gasteiger partial charge in [0.1, 0.15) is 26.6 Å². The zero-order valence-corrected chi connectivity index (χ0v) is 18.2. The van der Waals surface area contributed by atoms with Crippen molar-refractivity contribution in [3.8, 4) is 0 Å². The third-order valence-electron chi connectivity index (χ3n) is 5.07. The van der Waals surface area contributed by atoms with Crippen molar-refractivity contribution in [1.29, 1.82) is 0 Å². The summed E-state index contributed by atoms with van der Waals surface area (Å²) in [5.41, 5.74) is 7.03. The maximum absolute atomic E-state index is 14.6. The maximum atomic E-state index is 14.6. The second-order valence-electron chi connectivity index (χ2n) is 7.09. The van der Waals surface area contributed by atoms with Gasteiger partial charge in [0.05, 0.1) is 0 Å². The fourth-order valence-corrected chi connectivity index (χ4v) is 5.83. The zero-order chi connectivity index (χ0) is 21.3. The first kappa shape index (κ1) is 20.9. The summed E-state index contributed by atoms with van der Waals surface area (Å²) in [6, 6.07) is 13.3. The molecule has 1 aliphatic rings. The van der Waals surface area contributed by atoms with Crippen molar-refractivity contribution in [3.63, 3.8) is 0 Å². The van der Waals surface area contributed by atoms with Gasteiger partial charge in [-0.2, -0.15) is 5.10 Å². The van der Waals surface area contributed by atoms with Crippen LogP contribution in [0, 0.1) is 24.5 Å². The van der Waals surface area contributed by atoms with Crippen LogP contribution in [0.3, 0.4) is 0 Å². The molecule has 2 aromatic carbocycles. The van der Waals surface area contributed by atoms with E-state index in [0.717, 1.165) is 22.7 Å². The van der Waals surface area contributed by atoms with E-state index in [9.17, 15) is 8.78 Å². The van der Waals surface area contributed by atoms with Crippen LogP contribution in [-0.2, 0) is 4.87 Å². The molecule has 2 N–H and O–H groups in total. The number of hydrogen-bond donors (Lipinski definition) is 1. The molecule has 0 amide bonds. The number of hydrazone groups is 1. The van der Waals surface area contributed by atoms with Crippen LogP contribution in [0.2, 0.25) is 0 Å². The van der Waals surface area contributed by atoms with Crippen LogP contribution in [0.25, 0.3) is 0 Å². The van der Waals surface area contributed by atoms with Crippen molar-refractivity contribution < 1.29 is 8.78 Å². The normalized spacial score (nSPS) is 19.8. The molecule has 156 valence electrons. The van der Waals surface area contributed by atoms with Crippen molar-refractivity contribution in [2.24, 2.45) is 16.8 Å². The molecule has 2 unspecified atom stereocenters. The lowest BCUT2D eigenvalue weighted by Crippen LogP contribution is -2.44. The molecule has 0 saturated heterocycles. The Labute approximate surface area is 182 Å². The van der Waals surface area contributed by atoms with Crippen molar-refractivity contribution in [3.05, 3.63) is 76.3 Å². The summed E-state index contributed by atoms with van der Waals surface area (Å²) >= 11 is 2.81. The summed E-state index contributed by atoms with van der Waals surface area (Å²) in [5.74, 6) is -1.01. The van der Waals surface area contributed by atoms with E-state index in [1.54, 1.807) is 5.01 Å². The number of aryl methyl sites for hydroxylation is 1. The summed E-state index contributed by atoms with van der Waals surface area (Å²) in [6.07, 6.45) is 0.713. The summed E-state index contributed by atoms with van der Waals surface area (Å²) in [5, 5.41) is 16.8. The molecule has 0 fully saturated rings. The van der Waals surface area contributed by atoms with Gasteiger partial charge in [0, 0.05) is 5.56 Å². The Balaban J connectivity index is 1.92. The highest BCUT2D eigenvalue weighted by Gasteiger charge is 2.51. The van der Waals surface area contributed by atoms with Crippen LogP contribution in [0.1, 0.15) is 29.5 Å². The minimum absolute atomic E-state index is 0.0250. The van der Waals surface area contributed by atoms with Gasteiger partial charge in [0.15, 0.2) is 0 Å². The average molecular weight is 446 g/mol. The second kappa shape index (κ2) is 8.41. The molecule has 30 heavy (non-hydrogen) atoms. The predicted molar refractivity (Wildman–Crippen MR) is 119 cm³/mol. The first-order chi connectivity index (χ1) is 14.5. The molecule has 2 heterocycles. The van der Waals surface area contributed by atoms with Gasteiger partial charge in [-0.05, 0) is 49.6 Å². The quantitative estimate of drug-likeness (QED) is 0.586. The highest BCUT2D eigenvalue weighted by Crippen LogP contribution is 2.55. The Bertz CT molecular complexity index is 1070. The third kappa shape index (κ3) is 3.61. The predicted octanol–water partition coefficient (Wildman–Crippen LogP) is 4.88. The average Bonchev–Trinajstić information content (AvgIpc) is 3.35. The number of aromatic nitrogens is 2. The molecule has 0 bridgehead atoms. The van der Waals surface area contributed by atoms with E-state index >= 15 is 0 Å². The minimum Gasteiger partial charge on any atom is -0.330 e. The van der Waals surface area contributed by atoms with E-state index in [1.165, 1.54) is 29.2 Å². The van der Waals surface area contributed by atoms with Gasteiger partial charge >= 0.3 is 0 Å². The molecule has 4 rings (SSSR count). The lowest BCUT2D eigenvalue weighted by atomic mass is 9.90. The van der Waals surface area contributed by atoms with Crippen molar-refractivity contribution in [1.82, 2.24) is 10.2 Å². The highest BCUT2D eigenvalue weighted by atomic mass is 32.2. The number of halogens is 2. The number of rotatable bonds is 6. The Hall–Kier alpha value is -2.36. The van der Waals surface area contributed by atoms with Crippen molar-refractivity contribution in [2.45, 2.75) is 25.1 Å². The fraction of sp³-hybridized carbons (Fsp3) is 0.286. The Morgan fingerprint density at radius 2 is 1.90 bits per heavy atom. The summed E-state index contributed by atoms with van der Waals surface area (Å²) in [7, 11) is 0. The number of thioether (sulfide) groups is 1. The van der Waals surface area contributed by atoms with Crippen LogP contribution >= 0.6 is 23.1 Å². The Morgan fingerprint density at radius 3 is 2.57 bits per heavy atom. The van der Waals surface area contributed by atoms with E-state index in [4.69, 9.17) is 10.8 Å². The van der Waals surface area contributed by atoms with Gasteiger partial charge in [-0.1, -0.05) is 60.4 Å². The number of benzene rings is 2. The lowest BCUT2D eigenvalue weighted by molar-refractivity contribution is 0.384. The van der Waals surface area contributed by atoms with E-state index in [-0.39, 0.29) is 11.5 Å². The largest absolute Gasteiger partial charge is 0.330 e. The van der Waals surface area contributed by atoms with Crippen LogP contribution in [0.15, 0.2) is 53.6 Å². The molecule has 2 atom stereocenters. The fourth-order valence-electron chi connectivity index (χ4n) is 3.60. The molecular weight excluding hydrogens is 424 g/mol. The summed E-state index contributed by atoms with van der Waals surface area (Å²) < 4.78 is 28.6. The minimum atomic E-state index is -0.722. The maximum Gasteiger partial charge on any atom is 0.230 e. The molecule has 1 aromatic heterocycles. The molecule has 3 aromatic rings. The van der Waals surface area contributed by atoms with E-state index < -0.39 is 16.5 Å². The lowest BCUT2D eigenvalue weighted by Gasteiger charge is -2.40. The van der Waals surface area contributed by atoms with Gasteiger partial charge in [-0.25, -0.2) is 13.8 Å². The molecule has 0 saturated carbocycles. The first-order valence-electron chi connectivity index (χ1n) is 9.54. The van der Waals surface area contributed by atoms with E-state index in [1.807, 2.05) is 37.3 Å². The number of nitrogens with zero attached hydrogens (tertiary/aromatic N) is 4. The SMILES string of the molecule is Cc1nnc(N2N=C(c3cc(F)ccc3F)SC2(c2ccccc2)C(C)CCN)s1. The molecule has 0 aliphatic carbocycles. The molecule has 0 spiro atoms. The van der Waals surface area contributed by atoms with Gasteiger partial charge in [0.2, 0.25) is 5.13 Å². The van der Waals surface area contributed by atoms with Gasteiger partial charge in [0.25, 0.3) is 0 Å². The molecular formula is C21H21F2N5S2. The molecule has 9 heteroatoms. The number of hydrogen-bond acceptors (Lipinski definition) is 7.